The van der Waals surface area contributed by atoms with Crippen molar-refractivity contribution in [3.05, 3.63) is 97.2 Å². The lowest BCUT2D eigenvalue weighted by Gasteiger charge is -2.19. The monoisotopic (exact) mass is 788 g/mol. The van der Waals surface area contributed by atoms with E-state index < -0.39 is 32.5 Å². The number of nitrogens with two attached hydrogens (primary N) is 1. The Bertz CT molecular complexity index is 1220. The first kappa shape index (κ1) is 51.9. The van der Waals surface area contributed by atoms with Crippen molar-refractivity contribution >= 4 is 19.8 Å². The van der Waals surface area contributed by atoms with Gasteiger partial charge in [0.1, 0.15) is 6.61 Å². The molecule has 0 spiro atoms. The molecule has 1 unspecified atom stereocenters. The predicted molar refractivity (Wildman–Crippen MR) is 228 cm³/mol. The Morgan fingerprint density at radius 1 is 0.545 bits per heavy atom. The van der Waals surface area contributed by atoms with Crippen LogP contribution in [-0.4, -0.2) is 49.3 Å². The van der Waals surface area contributed by atoms with Gasteiger partial charge in [-0.3, -0.25) is 18.6 Å². The average Bonchev–Trinajstić information content (AvgIpc) is 3.17. The third-order valence-corrected chi connectivity index (χ3v) is 8.91. The number of ether oxygens (including phenoxy) is 2. The second-order valence-electron chi connectivity index (χ2n) is 13.1. The van der Waals surface area contributed by atoms with Gasteiger partial charge in [-0.2, -0.15) is 0 Å². The van der Waals surface area contributed by atoms with E-state index in [-0.39, 0.29) is 32.6 Å². The number of carbonyl (C=O) groups is 2. The van der Waals surface area contributed by atoms with Gasteiger partial charge < -0.3 is 20.1 Å². The zero-order chi connectivity index (χ0) is 40.3. The second kappa shape index (κ2) is 40.6. The lowest BCUT2D eigenvalue weighted by Crippen LogP contribution is -2.29. The van der Waals surface area contributed by atoms with Crippen LogP contribution in [0.4, 0.5) is 0 Å². The fourth-order valence-corrected chi connectivity index (χ4v) is 5.62. The molecular formula is C45H74NO8P. The molecule has 0 aromatic heterocycles. The van der Waals surface area contributed by atoms with Gasteiger partial charge in [-0.1, -0.05) is 137 Å². The summed E-state index contributed by atoms with van der Waals surface area (Å²) in [6, 6.07) is 0. The number of rotatable bonds is 37. The number of hydrogen-bond donors (Lipinski definition) is 2. The molecule has 0 radical (unpaired) electrons. The maximum Gasteiger partial charge on any atom is 0.472 e. The molecule has 0 aromatic rings. The van der Waals surface area contributed by atoms with Gasteiger partial charge in [0.2, 0.25) is 0 Å². The van der Waals surface area contributed by atoms with Crippen molar-refractivity contribution < 1.29 is 37.6 Å². The molecule has 9 nitrogen and oxygen atoms in total. The molecule has 0 bridgehead atoms. The molecule has 0 rings (SSSR count). The van der Waals surface area contributed by atoms with E-state index in [1.165, 1.54) is 32.1 Å². The lowest BCUT2D eigenvalue weighted by molar-refractivity contribution is -0.161. The van der Waals surface area contributed by atoms with E-state index in [4.69, 9.17) is 24.3 Å². The van der Waals surface area contributed by atoms with Crippen molar-refractivity contribution in [3.63, 3.8) is 0 Å². The number of carbonyl (C=O) groups excluding carboxylic acids is 2. The van der Waals surface area contributed by atoms with Crippen LogP contribution in [0.2, 0.25) is 0 Å². The number of hydrogen-bond acceptors (Lipinski definition) is 8. The summed E-state index contributed by atoms with van der Waals surface area (Å²) in [7, 11) is -4.40. The first-order valence-electron chi connectivity index (χ1n) is 20.7. The van der Waals surface area contributed by atoms with Crippen molar-refractivity contribution in [2.45, 2.75) is 148 Å². The molecule has 0 aliphatic carbocycles. The molecule has 0 aliphatic rings. The summed E-state index contributed by atoms with van der Waals surface area (Å²) in [6.07, 6.45) is 51.5. The lowest BCUT2D eigenvalue weighted by atomic mass is 10.1. The van der Waals surface area contributed by atoms with E-state index >= 15 is 0 Å². The van der Waals surface area contributed by atoms with Crippen LogP contribution < -0.4 is 5.73 Å². The van der Waals surface area contributed by atoms with Gasteiger partial charge in [-0.15, -0.1) is 0 Å². The number of esters is 2. The van der Waals surface area contributed by atoms with Crippen LogP contribution in [0.3, 0.4) is 0 Å². The molecule has 55 heavy (non-hydrogen) atoms. The van der Waals surface area contributed by atoms with Gasteiger partial charge >= 0.3 is 19.8 Å². The third-order valence-electron chi connectivity index (χ3n) is 7.92. The zero-order valence-electron chi connectivity index (χ0n) is 34.1. The smallest absolute Gasteiger partial charge is 0.462 e. The quantitative estimate of drug-likeness (QED) is 0.0273. The van der Waals surface area contributed by atoms with E-state index in [0.717, 1.165) is 70.6 Å². The summed E-state index contributed by atoms with van der Waals surface area (Å²) in [6.45, 7) is 3.50. The third kappa shape index (κ3) is 40.4. The minimum atomic E-state index is -4.40. The van der Waals surface area contributed by atoms with E-state index in [2.05, 4.69) is 105 Å². The average molecular weight is 788 g/mol. The summed E-state index contributed by atoms with van der Waals surface area (Å²) in [4.78, 5) is 34.8. The zero-order valence-corrected chi connectivity index (χ0v) is 35.0. The van der Waals surface area contributed by atoms with Gasteiger partial charge in [-0.25, -0.2) is 4.57 Å². The molecule has 0 aromatic carbocycles. The first-order valence-corrected chi connectivity index (χ1v) is 22.2. The Labute approximate surface area is 334 Å². The van der Waals surface area contributed by atoms with Gasteiger partial charge in [0.05, 0.1) is 13.2 Å². The Hall–Kier alpha value is -3.07. The predicted octanol–water partition coefficient (Wildman–Crippen LogP) is 11.8. The van der Waals surface area contributed by atoms with Crippen LogP contribution in [0.5, 0.6) is 0 Å². The number of phosphoric ester groups is 1. The maximum absolute atomic E-state index is 12.6. The topological polar surface area (TPSA) is 134 Å². The number of phosphoric acid groups is 1. The Balaban J connectivity index is 4.37. The van der Waals surface area contributed by atoms with Crippen molar-refractivity contribution in [1.82, 2.24) is 0 Å². The SMILES string of the molecule is CCC/C=C/C/C=C/C/C=C/C/C=C/CCCCCC(=O)O[C@H](COC(=O)CCC/C=C/C/C=C/C/C=C/C/C=C/CCCCC)COP(=O)(O)OCCN. The highest BCUT2D eigenvalue weighted by Crippen LogP contribution is 2.43. The normalized spacial score (nSPS) is 14.3. The molecule has 0 fully saturated rings. The summed E-state index contributed by atoms with van der Waals surface area (Å²) >= 11 is 0. The maximum atomic E-state index is 12.6. The standard InChI is InChI=1S/C45H74NO8P/c1-3-5-7-9-11-13-15-17-19-21-23-25-27-29-31-33-35-37-44(47)51-41-43(42-53-55(49,50)52-40-39-46)54-45(48)38-36-34-32-30-28-26-24-22-20-18-16-14-12-10-8-6-4-2/h8,10-11,13-14,16-17,19-20,22-23,25-26,28-29,31,43H,3-7,9,12,15,18,21,24,27,30,32-42,46H2,1-2H3,(H,49,50)/b10-8+,13-11+,16-14+,19-17+,22-20+,25-23+,28-26+,31-29+/t43-/m1/s1. The molecule has 10 heteroatoms. The molecule has 0 aliphatic heterocycles. The van der Waals surface area contributed by atoms with E-state index in [9.17, 15) is 19.0 Å². The minimum Gasteiger partial charge on any atom is -0.462 e. The Morgan fingerprint density at radius 2 is 1.00 bits per heavy atom. The van der Waals surface area contributed by atoms with Crippen molar-refractivity contribution in [1.29, 1.82) is 0 Å². The van der Waals surface area contributed by atoms with Crippen LogP contribution in [0.15, 0.2) is 97.2 Å². The van der Waals surface area contributed by atoms with Crippen LogP contribution >= 0.6 is 7.82 Å². The largest absolute Gasteiger partial charge is 0.472 e. The number of unbranched alkanes of at least 4 members (excludes halogenated alkanes) is 8. The molecule has 0 amide bonds. The molecule has 0 saturated heterocycles. The van der Waals surface area contributed by atoms with E-state index in [1.54, 1.807) is 0 Å². The molecule has 3 N–H and O–H groups in total. The van der Waals surface area contributed by atoms with Crippen LogP contribution in [0.1, 0.15) is 142 Å². The Kier molecular flexibility index (Phi) is 38.3. The highest BCUT2D eigenvalue weighted by molar-refractivity contribution is 7.47. The highest BCUT2D eigenvalue weighted by Gasteiger charge is 2.25. The summed E-state index contributed by atoms with van der Waals surface area (Å²) in [5, 5.41) is 0. The fourth-order valence-electron chi connectivity index (χ4n) is 4.85. The van der Waals surface area contributed by atoms with Crippen molar-refractivity contribution in [3.8, 4) is 0 Å². The molecule has 312 valence electrons. The summed E-state index contributed by atoms with van der Waals surface area (Å²) in [5.41, 5.74) is 5.34. The fraction of sp³-hybridized carbons (Fsp3) is 0.600. The van der Waals surface area contributed by atoms with E-state index in [1.807, 2.05) is 6.08 Å². The highest BCUT2D eigenvalue weighted by atomic mass is 31.2. The number of allylic oxidation sites excluding steroid dienone is 16. The Morgan fingerprint density at radius 3 is 1.49 bits per heavy atom. The van der Waals surface area contributed by atoms with Gasteiger partial charge in [0, 0.05) is 19.4 Å². The first-order chi connectivity index (χ1) is 26.8. The molecule has 0 heterocycles. The molecule has 2 atom stereocenters. The van der Waals surface area contributed by atoms with E-state index in [0.29, 0.717) is 12.8 Å². The van der Waals surface area contributed by atoms with Gasteiger partial charge in [0.15, 0.2) is 6.10 Å². The van der Waals surface area contributed by atoms with Gasteiger partial charge in [0.25, 0.3) is 0 Å². The molecule has 0 saturated carbocycles. The summed E-state index contributed by atoms with van der Waals surface area (Å²) < 4.78 is 32.6. The summed E-state index contributed by atoms with van der Waals surface area (Å²) in [5.74, 6) is -0.942. The van der Waals surface area contributed by atoms with Crippen molar-refractivity contribution in [2.24, 2.45) is 5.73 Å². The second-order valence-corrected chi connectivity index (χ2v) is 14.6. The van der Waals surface area contributed by atoms with Crippen LogP contribution in [0.25, 0.3) is 0 Å². The van der Waals surface area contributed by atoms with Crippen LogP contribution in [-0.2, 0) is 32.7 Å². The van der Waals surface area contributed by atoms with Gasteiger partial charge in [-0.05, 0) is 89.9 Å². The minimum absolute atomic E-state index is 0.0350. The molecular weight excluding hydrogens is 713 g/mol. The van der Waals surface area contributed by atoms with Crippen molar-refractivity contribution in [2.75, 3.05) is 26.4 Å². The van der Waals surface area contributed by atoms with Crippen LogP contribution in [0, 0.1) is 0 Å².